The Bertz CT molecular complexity index is 221. The lowest BCUT2D eigenvalue weighted by molar-refractivity contribution is 0.00275. The van der Waals surface area contributed by atoms with Crippen molar-refractivity contribution in [2.45, 2.75) is 12.5 Å². The first-order valence-electron chi connectivity index (χ1n) is 5.12. The summed E-state index contributed by atoms with van der Waals surface area (Å²) < 4.78 is 0. The summed E-state index contributed by atoms with van der Waals surface area (Å²) in [6.07, 6.45) is 0. The van der Waals surface area contributed by atoms with Crippen LogP contribution in [0.5, 0.6) is 0 Å². The molecule has 0 aromatic carbocycles. The Hall–Kier alpha value is -0.850. The van der Waals surface area contributed by atoms with Gasteiger partial charge in [-0.1, -0.05) is 0 Å². The minimum absolute atomic E-state index is 0.0364. The maximum absolute atomic E-state index is 11.1. The molecule has 88 valence electrons. The largest absolute Gasteiger partial charge is 0.393 e. The number of nitrogens with zero attached hydrogens (tertiary/aromatic N) is 1. The molecule has 1 saturated heterocycles. The van der Waals surface area contributed by atoms with Crippen molar-refractivity contribution < 1.29 is 15.0 Å². The predicted octanol–water partition coefficient (Wildman–Crippen LogP) is -1.66. The summed E-state index contributed by atoms with van der Waals surface area (Å²) in [5.74, 6) is 0. The van der Waals surface area contributed by atoms with Gasteiger partial charge in [0, 0.05) is 32.7 Å². The highest BCUT2D eigenvalue weighted by molar-refractivity contribution is 5.76. The van der Waals surface area contributed by atoms with Gasteiger partial charge in [0.05, 0.1) is 12.2 Å². The van der Waals surface area contributed by atoms with Crippen molar-refractivity contribution in [3.63, 3.8) is 0 Å². The summed E-state index contributed by atoms with van der Waals surface area (Å²) in [4.78, 5) is 12.8. The number of amides is 2. The molecule has 0 aromatic rings. The van der Waals surface area contributed by atoms with Crippen LogP contribution in [-0.2, 0) is 0 Å². The lowest BCUT2D eigenvalue weighted by atomic mass is 10.1. The Balaban J connectivity index is 2.09. The van der Waals surface area contributed by atoms with E-state index < -0.39 is 5.60 Å². The van der Waals surface area contributed by atoms with E-state index in [4.69, 9.17) is 5.11 Å². The smallest absolute Gasteiger partial charge is 0.317 e. The van der Waals surface area contributed by atoms with Gasteiger partial charge in [0.15, 0.2) is 0 Å². The van der Waals surface area contributed by atoms with Gasteiger partial charge in [-0.15, -0.1) is 0 Å². The number of hydrogen-bond donors (Lipinski definition) is 4. The van der Waals surface area contributed by atoms with Gasteiger partial charge in [0.25, 0.3) is 0 Å². The summed E-state index contributed by atoms with van der Waals surface area (Å²) in [7, 11) is 0. The van der Waals surface area contributed by atoms with Crippen LogP contribution in [0.1, 0.15) is 6.92 Å². The van der Waals surface area contributed by atoms with Crippen LogP contribution in [0.25, 0.3) is 0 Å². The molecule has 6 heteroatoms. The molecule has 1 unspecified atom stereocenters. The first-order valence-corrected chi connectivity index (χ1v) is 5.12. The minimum Gasteiger partial charge on any atom is -0.393 e. The number of aliphatic hydroxyl groups excluding tert-OH is 1. The molecule has 1 aliphatic rings. The molecule has 1 atom stereocenters. The Labute approximate surface area is 89.3 Å². The number of carbonyl (C=O) groups is 1. The normalized spacial score (nSPS) is 20.2. The SMILES string of the molecule is CC(O)(CO)CNCCN1CCNC1=O. The second kappa shape index (κ2) is 5.29. The van der Waals surface area contributed by atoms with Crippen LogP contribution in [-0.4, -0.2) is 66.1 Å². The zero-order chi connectivity index (χ0) is 11.3. The molecule has 1 aliphatic heterocycles. The van der Waals surface area contributed by atoms with Crippen LogP contribution in [0.2, 0.25) is 0 Å². The summed E-state index contributed by atoms with van der Waals surface area (Å²) in [6, 6.07) is -0.0364. The molecule has 2 amide bonds. The van der Waals surface area contributed by atoms with E-state index in [1.54, 1.807) is 11.8 Å². The molecule has 0 aromatic heterocycles. The van der Waals surface area contributed by atoms with E-state index in [0.29, 0.717) is 26.2 Å². The highest BCUT2D eigenvalue weighted by Crippen LogP contribution is 1.98. The van der Waals surface area contributed by atoms with Crippen LogP contribution in [0.4, 0.5) is 4.79 Å². The number of aliphatic hydroxyl groups is 2. The van der Waals surface area contributed by atoms with E-state index in [9.17, 15) is 9.90 Å². The fourth-order valence-electron chi connectivity index (χ4n) is 1.35. The standard InChI is InChI=1S/C9H19N3O3/c1-9(15,7-13)6-10-2-4-12-5-3-11-8(12)14/h10,13,15H,2-7H2,1H3,(H,11,14). The average molecular weight is 217 g/mol. The molecule has 6 nitrogen and oxygen atoms in total. The second-order valence-corrected chi connectivity index (χ2v) is 4.05. The summed E-state index contributed by atoms with van der Waals surface area (Å²) in [5, 5.41) is 23.9. The first kappa shape index (κ1) is 12.2. The molecule has 0 radical (unpaired) electrons. The zero-order valence-corrected chi connectivity index (χ0v) is 8.99. The summed E-state index contributed by atoms with van der Waals surface area (Å²) in [5.41, 5.74) is -1.09. The van der Waals surface area contributed by atoms with E-state index in [0.717, 1.165) is 6.54 Å². The topological polar surface area (TPSA) is 84.8 Å². The highest BCUT2D eigenvalue weighted by Gasteiger charge is 2.20. The maximum atomic E-state index is 11.1. The van der Waals surface area contributed by atoms with Gasteiger partial charge in [-0.25, -0.2) is 4.79 Å². The Morgan fingerprint density at radius 1 is 1.67 bits per heavy atom. The van der Waals surface area contributed by atoms with Gasteiger partial charge in [-0.05, 0) is 6.92 Å². The van der Waals surface area contributed by atoms with Crippen LogP contribution >= 0.6 is 0 Å². The molecule has 1 rings (SSSR count). The van der Waals surface area contributed by atoms with Crippen molar-refractivity contribution in [1.29, 1.82) is 0 Å². The van der Waals surface area contributed by atoms with Crippen LogP contribution in [0.3, 0.4) is 0 Å². The minimum atomic E-state index is -1.09. The molecule has 0 aliphatic carbocycles. The maximum Gasteiger partial charge on any atom is 0.317 e. The molecule has 15 heavy (non-hydrogen) atoms. The van der Waals surface area contributed by atoms with E-state index in [1.807, 2.05) is 0 Å². The molecule has 1 heterocycles. The third-order valence-corrected chi connectivity index (χ3v) is 2.35. The Morgan fingerprint density at radius 2 is 2.40 bits per heavy atom. The number of hydrogen-bond acceptors (Lipinski definition) is 4. The summed E-state index contributed by atoms with van der Waals surface area (Å²) in [6.45, 7) is 4.27. The van der Waals surface area contributed by atoms with Crippen LogP contribution in [0, 0.1) is 0 Å². The Kier molecular flexibility index (Phi) is 4.31. The van der Waals surface area contributed by atoms with Crippen molar-refractivity contribution in [2.75, 3.05) is 39.3 Å². The molecular weight excluding hydrogens is 198 g/mol. The molecule has 0 spiro atoms. The lowest BCUT2D eigenvalue weighted by Crippen LogP contribution is -2.43. The monoisotopic (exact) mass is 217 g/mol. The van der Waals surface area contributed by atoms with Crippen LogP contribution < -0.4 is 10.6 Å². The third-order valence-electron chi connectivity index (χ3n) is 2.35. The highest BCUT2D eigenvalue weighted by atomic mass is 16.3. The molecule has 0 saturated carbocycles. The van der Waals surface area contributed by atoms with Gasteiger partial charge in [0.1, 0.15) is 0 Å². The van der Waals surface area contributed by atoms with E-state index in [2.05, 4.69) is 10.6 Å². The van der Waals surface area contributed by atoms with E-state index in [1.165, 1.54) is 0 Å². The number of nitrogens with one attached hydrogen (secondary N) is 2. The average Bonchev–Trinajstić information content (AvgIpc) is 2.59. The van der Waals surface area contributed by atoms with Crippen molar-refractivity contribution in [3.8, 4) is 0 Å². The fraction of sp³-hybridized carbons (Fsp3) is 0.889. The van der Waals surface area contributed by atoms with Crippen molar-refractivity contribution in [3.05, 3.63) is 0 Å². The number of rotatable bonds is 6. The third kappa shape index (κ3) is 4.03. The number of urea groups is 1. The van der Waals surface area contributed by atoms with Gasteiger partial charge in [-0.2, -0.15) is 0 Å². The number of carbonyl (C=O) groups excluding carboxylic acids is 1. The molecule has 1 fully saturated rings. The first-order chi connectivity index (χ1) is 7.05. The zero-order valence-electron chi connectivity index (χ0n) is 8.99. The van der Waals surface area contributed by atoms with Crippen LogP contribution in [0.15, 0.2) is 0 Å². The van der Waals surface area contributed by atoms with Gasteiger partial charge in [-0.3, -0.25) is 0 Å². The van der Waals surface area contributed by atoms with E-state index in [-0.39, 0.29) is 12.6 Å². The molecule has 0 bridgehead atoms. The predicted molar refractivity (Wildman–Crippen MR) is 55.6 cm³/mol. The lowest BCUT2D eigenvalue weighted by Gasteiger charge is -2.21. The molecule has 4 N–H and O–H groups in total. The van der Waals surface area contributed by atoms with Gasteiger partial charge < -0.3 is 25.7 Å². The van der Waals surface area contributed by atoms with Crippen molar-refractivity contribution in [1.82, 2.24) is 15.5 Å². The quantitative estimate of drug-likeness (QED) is 0.401. The summed E-state index contributed by atoms with van der Waals surface area (Å²) >= 11 is 0. The van der Waals surface area contributed by atoms with Crippen molar-refractivity contribution >= 4 is 6.03 Å². The van der Waals surface area contributed by atoms with E-state index >= 15 is 0 Å². The van der Waals surface area contributed by atoms with Crippen molar-refractivity contribution in [2.24, 2.45) is 0 Å². The van der Waals surface area contributed by atoms with Gasteiger partial charge >= 0.3 is 6.03 Å². The Morgan fingerprint density at radius 3 is 2.93 bits per heavy atom. The molecular formula is C9H19N3O3. The van der Waals surface area contributed by atoms with Gasteiger partial charge in [0.2, 0.25) is 0 Å². The fourth-order valence-corrected chi connectivity index (χ4v) is 1.35. The second-order valence-electron chi connectivity index (χ2n) is 4.05.